The maximum absolute atomic E-state index is 13.5. The van der Waals surface area contributed by atoms with Crippen LogP contribution in [0.1, 0.15) is 42.5 Å². The van der Waals surface area contributed by atoms with E-state index in [1.54, 1.807) is 39.4 Å². The fourth-order valence-electron chi connectivity index (χ4n) is 2.45. The van der Waals surface area contributed by atoms with E-state index in [1.807, 2.05) is 6.92 Å². The van der Waals surface area contributed by atoms with Gasteiger partial charge in [0.05, 0.1) is 23.3 Å². The second-order valence-corrected chi connectivity index (χ2v) is 8.11. The van der Waals surface area contributed by atoms with Gasteiger partial charge in [0.25, 0.3) is 0 Å². The summed E-state index contributed by atoms with van der Waals surface area (Å²) < 4.78 is 46.1. The van der Waals surface area contributed by atoms with Crippen LogP contribution in [0.15, 0.2) is 28.7 Å². The van der Waals surface area contributed by atoms with Crippen LogP contribution in [0, 0.1) is 6.92 Å². The smallest absolute Gasteiger partial charge is 0.416 e. The zero-order valence-electron chi connectivity index (χ0n) is 17.0. The molecule has 0 unspecified atom stereocenters. The Kier molecular flexibility index (Phi) is 9.19. The molecule has 10 heteroatoms. The predicted octanol–water partition coefficient (Wildman–Crippen LogP) is 5.13. The zero-order chi connectivity index (χ0) is 20.9. The lowest BCUT2D eigenvalue weighted by Gasteiger charge is -2.23. The van der Waals surface area contributed by atoms with Crippen LogP contribution in [-0.4, -0.2) is 23.6 Å². The number of halogens is 4. The number of aromatic nitrogens is 1. The van der Waals surface area contributed by atoms with Gasteiger partial charge in [0.1, 0.15) is 11.4 Å². The van der Waals surface area contributed by atoms with E-state index in [9.17, 15) is 13.2 Å². The van der Waals surface area contributed by atoms with Crippen molar-refractivity contribution in [1.29, 1.82) is 0 Å². The van der Waals surface area contributed by atoms with E-state index in [0.717, 1.165) is 16.6 Å². The lowest BCUT2D eigenvalue weighted by Crippen LogP contribution is -2.36. The summed E-state index contributed by atoms with van der Waals surface area (Å²) in [5.74, 6) is 0.600. The van der Waals surface area contributed by atoms with Crippen LogP contribution in [0.5, 0.6) is 5.75 Å². The van der Waals surface area contributed by atoms with Gasteiger partial charge >= 0.3 is 6.18 Å². The van der Waals surface area contributed by atoms with Gasteiger partial charge in [-0.15, -0.1) is 35.3 Å². The number of ether oxygens (including phenoxy) is 1. The SMILES string of the molecule is CN=C(NCc1ccc(OC(C)(C)C)cc1C(F)(F)F)NCc1scnc1C.I. The minimum atomic E-state index is -4.48. The molecule has 0 aliphatic carbocycles. The molecule has 2 aromatic rings. The van der Waals surface area contributed by atoms with Gasteiger partial charge in [0, 0.05) is 18.5 Å². The Labute approximate surface area is 190 Å². The summed E-state index contributed by atoms with van der Waals surface area (Å²) in [6.45, 7) is 7.75. The molecule has 0 bridgehead atoms. The third kappa shape index (κ3) is 8.00. The molecule has 0 saturated heterocycles. The van der Waals surface area contributed by atoms with Crippen molar-refractivity contribution in [2.24, 2.45) is 4.99 Å². The van der Waals surface area contributed by atoms with E-state index in [1.165, 1.54) is 17.4 Å². The van der Waals surface area contributed by atoms with Crippen molar-refractivity contribution < 1.29 is 17.9 Å². The molecule has 0 fully saturated rings. The van der Waals surface area contributed by atoms with Crippen molar-refractivity contribution >= 4 is 41.3 Å². The summed E-state index contributed by atoms with van der Waals surface area (Å²) in [7, 11) is 1.57. The molecule has 0 amide bonds. The van der Waals surface area contributed by atoms with Crippen molar-refractivity contribution in [3.05, 3.63) is 45.4 Å². The number of rotatable bonds is 5. The number of guanidine groups is 1. The maximum atomic E-state index is 13.5. The van der Waals surface area contributed by atoms with E-state index in [4.69, 9.17) is 4.74 Å². The standard InChI is InChI=1S/C19H25F3N4OS.HI/c1-12-16(28-11-26-12)10-25-17(23-5)24-9-13-6-7-14(27-18(2,3)4)8-15(13)19(20,21)22;/h6-8,11H,9-10H2,1-5H3,(H2,23,24,25);1H. The Bertz CT molecular complexity index is 832. The minimum Gasteiger partial charge on any atom is -0.488 e. The van der Waals surface area contributed by atoms with Crippen LogP contribution in [0.4, 0.5) is 13.2 Å². The third-order valence-corrected chi connectivity index (χ3v) is 4.68. The molecule has 162 valence electrons. The quantitative estimate of drug-likeness (QED) is 0.313. The number of benzene rings is 1. The fourth-order valence-corrected chi connectivity index (χ4v) is 3.17. The van der Waals surface area contributed by atoms with Crippen LogP contribution in [-0.2, 0) is 19.3 Å². The van der Waals surface area contributed by atoms with E-state index in [0.29, 0.717) is 12.5 Å². The van der Waals surface area contributed by atoms with Crippen LogP contribution >= 0.6 is 35.3 Å². The van der Waals surface area contributed by atoms with Gasteiger partial charge in [0.2, 0.25) is 0 Å². The molecule has 2 rings (SSSR count). The number of aryl methyl sites for hydroxylation is 1. The number of thiazole rings is 1. The molecule has 1 aromatic carbocycles. The monoisotopic (exact) mass is 542 g/mol. The number of nitrogens with zero attached hydrogens (tertiary/aromatic N) is 2. The molecule has 1 aromatic heterocycles. The molecule has 5 nitrogen and oxygen atoms in total. The van der Waals surface area contributed by atoms with Crippen molar-refractivity contribution in [3.8, 4) is 5.75 Å². The van der Waals surface area contributed by atoms with Gasteiger partial charge in [-0.1, -0.05) is 6.07 Å². The predicted molar refractivity (Wildman–Crippen MR) is 121 cm³/mol. The van der Waals surface area contributed by atoms with E-state index < -0.39 is 17.3 Å². The first kappa shape index (κ1) is 25.5. The highest BCUT2D eigenvalue weighted by molar-refractivity contribution is 14.0. The molecule has 0 aliphatic rings. The molecule has 0 saturated carbocycles. The summed E-state index contributed by atoms with van der Waals surface area (Å²) in [5, 5.41) is 6.02. The average molecular weight is 542 g/mol. The van der Waals surface area contributed by atoms with Crippen molar-refractivity contribution in [2.75, 3.05) is 7.05 Å². The summed E-state index contributed by atoms with van der Waals surface area (Å²) in [5.41, 5.74) is 1.48. The first-order valence-electron chi connectivity index (χ1n) is 8.72. The van der Waals surface area contributed by atoms with Crippen LogP contribution < -0.4 is 15.4 Å². The van der Waals surface area contributed by atoms with E-state index in [2.05, 4.69) is 20.6 Å². The molecule has 0 radical (unpaired) electrons. The fraction of sp³-hybridized carbons (Fsp3) is 0.474. The summed E-state index contributed by atoms with van der Waals surface area (Å²) >= 11 is 1.51. The first-order chi connectivity index (χ1) is 13.0. The highest BCUT2D eigenvalue weighted by Gasteiger charge is 2.34. The first-order valence-corrected chi connectivity index (χ1v) is 9.60. The highest BCUT2D eigenvalue weighted by atomic mass is 127. The van der Waals surface area contributed by atoms with Crippen LogP contribution in [0.2, 0.25) is 0 Å². The van der Waals surface area contributed by atoms with Crippen LogP contribution in [0.3, 0.4) is 0 Å². The van der Waals surface area contributed by atoms with E-state index in [-0.39, 0.29) is 41.8 Å². The Morgan fingerprint density at radius 3 is 2.34 bits per heavy atom. The molecular weight excluding hydrogens is 516 g/mol. The highest BCUT2D eigenvalue weighted by Crippen LogP contribution is 2.35. The Morgan fingerprint density at radius 1 is 1.17 bits per heavy atom. The Hall–Kier alpha value is -1.56. The van der Waals surface area contributed by atoms with Gasteiger partial charge in [0.15, 0.2) is 5.96 Å². The lowest BCUT2D eigenvalue weighted by molar-refractivity contribution is -0.138. The molecule has 2 N–H and O–H groups in total. The van der Waals surface area contributed by atoms with Crippen molar-refractivity contribution in [2.45, 2.75) is 52.6 Å². The molecule has 0 atom stereocenters. The van der Waals surface area contributed by atoms with Gasteiger partial charge < -0.3 is 15.4 Å². The number of nitrogens with one attached hydrogen (secondary N) is 2. The molecule has 29 heavy (non-hydrogen) atoms. The number of alkyl halides is 3. The molecule has 1 heterocycles. The maximum Gasteiger partial charge on any atom is 0.416 e. The third-order valence-electron chi connectivity index (χ3n) is 3.74. The number of hydrogen-bond acceptors (Lipinski definition) is 4. The van der Waals surface area contributed by atoms with Gasteiger partial charge in [-0.2, -0.15) is 13.2 Å². The Balaban J connectivity index is 0.00000420. The summed E-state index contributed by atoms with van der Waals surface area (Å²) in [6, 6.07) is 4.02. The van der Waals surface area contributed by atoms with Crippen molar-refractivity contribution in [1.82, 2.24) is 15.6 Å². The topological polar surface area (TPSA) is 58.5 Å². The van der Waals surface area contributed by atoms with Gasteiger partial charge in [-0.3, -0.25) is 4.99 Å². The van der Waals surface area contributed by atoms with Crippen molar-refractivity contribution in [3.63, 3.8) is 0 Å². The average Bonchev–Trinajstić information content (AvgIpc) is 2.98. The molecule has 0 aliphatic heterocycles. The number of hydrogen-bond donors (Lipinski definition) is 2. The van der Waals surface area contributed by atoms with Gasteiger partial charge in [-0.05, 0) is 45.4 Å². The summed E-state index contributed by atoms with van der Waals surface area (Å²) in [6.07, 6.45) is -4.48. The largest absolute Gasteiger partial charge is 0.488 e. The van der Waals surface area contributed by atoms with Crippen LogP contribution in [0.25, 0.3) is 0 Å². The van der Waals surface area contributed by atoms with Gasteiger partial charge in [-0.25, -0.2) is 4.98 Å². The number of aliphatic imine (C=N–C) groups is 1. The Morgan fingerprint density at radius 2 is 1.83 bits per heavy atom. The second-order valence-electron chi connectivity index (χ2n) is 7.17. The minimum absolute atomic E-state index is 0. The zero-order valence-corrected chi connectivity index (χ0v) is 20.1. The second kappa shape index (κ2) is 10.5. The molecular formula is C19H26F3IN4OS. The molecule has 0 spiro atoms. The summed E-state index contributed by atoms with van der Waals surface area (Å²) in [4.78, 5) is 9.27. The normalized spacial score (nSPS) is 12.3. The lowest BCUT2D eigenvalue weighted by atomic mass is 10.1. The van der Waals surface area contributed by atoms with E-state index >= 15 is 0 Å².